The predicted octanol–water partition coefficient (Wildman–Crippen LogP) is 2.68. The van der Waals surface area contributed by atoms with Gasteiger partial charge in [-0.3, -0.25) is 4.79 Å². The molecular weight excluding hydrogens is 456 g/mol. The Morgan fingerprint density at radius 2 is 1.97 bits per heavy atom. The van der Waals surface area contributed by atoms with Crippen LogP contribution in [0.2, 0.25) is 0 Å². The summed E-state index contributed by atoms with van der Waals surface area (Å²) >= 11 is 1.66. The monoisotopic (exact) mass is 488 g/mol. The first-order valence-corrected chi connectivity index (χ1v) is 11.9. The number of hydrogen-bond acceptors (Lipinski definition) is 9. The number of aryl methyl sites for hydroxylation is 3. The number of nitrogens with two attached hydrogens (primary N) is 1. The minimum absolute atomic E-state index is 0.0742. The summed E-state index contributed by atoms with van der Waals surface area (Å²) in [4.78, 5) is 20.0. The van der Waals surface area contributed by atoms with Crippen molar-refractivity contribution < 1.29 is 24.3 Å². The van der Waals surface area contributed by atoms with Crippen LogP contribution in [0.1, 0.15) is 34.9 Å². The Hall–Kier alpha value is -2.79. The Labute approximate surface area is 203 Å². The molecule has 1 aromatic carbocycles. The van der Waals surface area contributed by atoms with Gasteiger partial charge in [0.15, 0.2) is 0 Å². The first-order chi connectivity index (χ1) is 16.1. The normalized spacial score (nSPS) is 13.3. The number of thiophene rings is 1. The largest absolute Gasteiger partial charge is 0.490 e. The third-order valence-corrected chi connectivity index (χ3v) is 6.57. The number of primary amides is 1. The van der Waals surface area contributed by atoms with Gasteiger partial charge in [-0.2, -0.15) is 4.98 Å². The van der Waals surface area contributed by atoms with E-state index in [1.54, 1.807) is 11.3 Å². The molecule has 3 aromatic rings. The highest BCUT2D eigenvalue weighted by Gasteiger charge is 2.20. The highest BCUT2D eigenvalue weighted by atomic mass is 32.1. The van der Waals surface area contributed by atoms with Gasteiger partial charge in [-0.05, 0) is 69.3 Å². The van der Waals surface area contributed by atoms with Crippen LogP contribution in [-0.4, -0.2) is 64.1 Å². The fraction of sp³-hybridized carbons (Fsp3) is 0.458. The number of aromatic nitrogens is 2. The minimum atomic E-state index is -1.41. The number of rotatable bonds is 11. The average Bonchev–Trinajstić information content (AvgIpc) is 3.39. The lowest BCUT2D eigenvalue weighted by Crippen LogP contribution is -2.33. The molecule has 2 aromatic heterocycles. The summed E-state index contributed by atoms with van der Waals surface area (Å²) in [5, 5.41) is 23.8. The number of amides is 1. The van der Waals surface area contributed by atoms with Gasteiger partial charge < -0.3 is 30.1 Å². The third kappa shape index (κ3) is 6.20. The zero-order valence-electron chi connectivity index (χ0n) is 20.2. The van der Waals surface area contributed by atoms with Crippen LogP contribution in [0, 0.1) is 13.8 Å². The van der Waals surface area contributed by atoms with Gasteiger partial charge in [-0.1, -0.05) is 12.1 Å². The maximum Gasteiger partial charge on any atom is 0.258 e. The van der Waals surface area contributed by atoms with Gasteiger partial charge in [0.05, 0.1) is 11.0 Å². The first kappa shape index (κ1) is 25.8. The average molecular weight is 489 g/mol. The maximum atomic E-state index is 11.0. The van der Waals surface area contributed by atoms with Crippen molar-refractivity contribution in [2.24, 2.45) is 5.73 Å². The fourth-order valence-corrected chi connectivity index (χ4v) is 4.79. The molecule has 184 valence electrons. The molecule has 10 heteroatoms. The summed E-state index contributed by atoms with van der Waals surface area (Å²) in [6, 6.07) is 5.91. The van der Waals surface area contributed by atoms with E-state index in [-0.39, 0.29) is 13.0 Å². The number of carbonyl (C=O) groups excluding carboxylic acids is 1. The van der Waals surface area contributed by atoms with Gasteiger partial charge in [0.25, 0.3) is 5.89 Å². The van der Waals surface area contributed by atoms with Crippen LogP contribution in [0.4, 0.5) is 0 Å². The molecular formula is C24H32N4O5S. The molecule has 1 amide bonds. The number of benzene rings is 1. The molecule has 2 atom stereocenters. The molecule has 3 rings (SSSR count). The van der Waals surface area contributed by atoms with Gasteiger partial charge in [0.2, 0.25) is 11.7 Å². The second-order valence-electron chi connectivity index (χ2n) is 8.63. The quantitative estimate of drug-likeness (QED) is 0.375. The van der Waals surface area contributed by atoms with Crippen molar-refractivity contribution in [3.63, 3.8) is 0 Å². The highest BCUT2D eigenvalue weighted by Crippen LogP contribution is 2.34. The molecule has 0 saturated heterocycles. The lowest BCUT2D eigenvalue weighted by atomic mass is 10.0. The number of carbonyl (C=O) groups is 1. The summed E-state index contributed by atoms with van der Waals surface area (Å²) in [6.45, 7) is 6.77. The van der Waals surface area contributed by atoms with Crippen LogP contribution in [0.3, 0.4) is 0 Å². The van der Waals surface area contributed by atoms with Gasteiger partial charge in [0.1, 0.15) is 18.5 Å². The number of nitrogens with zero attached hydrogens (tertiary/aromatic N) is 3. The van der Waals surface area contributed by atoms with Crippen LogP contribution in [0.5, 0.6) is 5.75 Å². The third-order valence-electron chi connectivity index (χ3n) is 5.35. The SMILES string of the molecule is CCc1cc(-c2nc(-c3cc(C)c(CN(C)C)s3)no2)cc(C)c1OC[C@@H](O)CC(O)C(N)=O. The van der Waals surface area contributed by atoms with Crippen LogP contribution < -0.4 is 10.5 Å². The molecule has 0 spiro atoms. The van der Waals surface area contributed by atoms with E-state index in [1.165, 1.54) is 10.4 Å². The van der Waals surface area contributed by atoms with Gasteiger partial charge >= 0.3 is 0 Å². The van der Waals surface area contributed by atoms with Crippen molar-refractivity contribution in [2.45, 2.75) is 52.4 Å². The molecule has 34 heavy (non-hydrogen) atoms. The lowest BCUT2D eigenvalue weighted by Gasteiger charge is -2.18. The van der Waals surface area contributed by atoms with Crippen LogP contribution in [-0.2, 0) is 17.8 Å². The molecule has 0 bridgehead atoms. The van der Waals surface area contributed by atoms with Crippen molar-refractivity contribution in [2.75, 3.05) is 20.7 Å². The van der Waals surface area contributed by atoms with Gasteiger partial charge in [-0.25, -0.2) is 0 Å². The molecule has 4 N–H and O–H groups in total. The summed E-state index contributed by atoms with van der Waals surface area (Å²) in [7, 11) is 4.08. The summed E-state index contributed by atoms with van der Waals surface area (Å²) < 4.78 is 11.4. The van der Waals surface area contributed by atoms with E-state index < -0.39 is 18.1 Å². The highest BCUT2D eigenvalue weighted by molar-refractivity contribution is 7.15. The molecule has 0 aliphatic carbocycles. The van der Waals surface area contributed by atoms with E-state index in [0.29, 0.717) is 23.9 Å². The Bertz CT molecular complexity index is 1140. The summed E-state index contributed by atoms with van der Waals surface area (Å²) in [6.07, 6.45) is -1.94. The van der Waals surface area contributed by atoms with E-state index in [0.717, 1.165) is 28.1 Å². The number of aliphatic hydroxyl groups excluding tert-OH is 2. The maximum absolute atomic E-state index is 11.0. The molecule has 9 nitrogen and oxygen atoms in total. The first-order valence-electron chi connectivity index (χ1n) is 11.1. The van der Waals surface area contributed by atoms with Crippen molar-refractivity contribution in [1.82, 2.24) is 15.0 Å². The van der Waals surface area contributed by atoms with E-state index in [1.807, 2.05) is 40.1 Å². The van der Waals surface area contributed by atoms with E-state index in [4.69, 9.17) is 15.0 Å². The van der Waals surface area contributed by atoms with E-state index in [9.17, 15) is 15.0 Å². The Balaban J connectivity index is 1.78. The second kappa shape index (κ2) is 11.1. The molecule has 0 saturated carbocycles. The molecule has 1 unspecified atom stereocenters. The van der Waals surface area contributed by atoms with Crippen LogP contribution in [0.15, 0.2) is 22.7 Å². The molecule has 0 radical (unpaired) electrons. The van der Waals surface area contributed by atoms with Crippen molar-refractivity contribution in [1.29, 1.82) is 0 Å². The number of ether oxygens (including phenoxy) is 1. The predicted molar refractivity (Wildman–Crippen MR) is 131 cm³/mol. The number of hydrogen-bond donors (Lipinski definition) is 3. The van der Waals surface area contributed by atoms with Crippen LogP contribution >= 0.6 is 11.3 Å². The minimum Gasteiger partial charge on any atom is -0.490 e. The zero-order chi connectivity index (χ0) is 25.0. The lowest BCUT2D eigenvalue weighted by molar-refractivity contribution is -0.127. The van der Waals surface area contributed by atoms with Gasteiger partial charge in [0, 0.05) is 23.4 Å². The van der Waals surface area contributed by atoms with E-state index >= 15 is 0 Å². The zero-order valence-corrected chi connectivity index (χ0v) is 21.0. The topological polar surface area (TPSA) is 135 Å². The van der Waals surface area contributed by atoms with Crippen LogP contribution in [0.25, 0.3) is 22.2 Å². The smallest absolute Gasteiger partial charge is 0.258 e. The van der Waals surface area contributed by atoms with E-state index in [2.05, 4.69) is 28.0 Å². The van der Waals surface area contributed by atoms with Crippen molar-refractivity contribution >= 4 is 17.2 Å². The molecule has 2 heterocycles. The molecule has 0 aliphatic heterocycles. The number of aliphatic hydroxyl groups is 2. The van der Waals surface area contributed by atoms with Gasteiger partial charge in [-0.15, -0.1) is 11.3 Å². The van der Waals surface area contributed by atoms with Crippen molar-refractivity contribution in [3.8, 4) is 27.9 Å². The Morgan fingerprint density at radius 3 is 2.62 bits per heavy atom. The second-order valence-corrected chi connectivity index (χ2v) is 9.77. The molecule has 0 fully saturated rings. The summed E-state index contributed by atoms with van der Waals surface area (Å²) in [5.41, 5.74) is 8.79. The Morgan fingerprint density at radius 1 is 1.24 bits per heavy atom. The van der Waals surface area contributed by atoms with Crippen molar-refractivity contribution in [3.05, 3.63) is 39.8 Å². The fourth-order valence-electron chi connectivity index (χ4n) is 3.58. The molecule has 0 aliphatic rings. The standard InChI is InChI=1S/C24H32N4O5S/c1-6-15-9-16(7-14(3)21(15)32-12-17(29)10-18(30)22(25)31)24-26-23(27-33-24)19-8-13(2)20(34-19)11-28(4)5/h7-9,17-18,29-30H,6,10-12H2,1-5H3,(H2,25,31)/t17-,18?/m0/s1. The Kier molecular flexibility index (Phi) is 8.42. The summed E-state index contributed by atoms with van der Waals surface area (Å²) in [5.74, 6) is 0.740.